The highest BCUT2D eigenvalue weighted by Gasteiger charge is 2.16. The molecule has 3 N–H and O–H groups in total. The van der Waals surface area contributed by atoms with Gasteiger partial charge in [0.05, 0.1) is 10.7 Å². The van der Waals surface area contributed by atoms with Crippen molar-refractivity contribution in [2.75, 3.05) is 13.1 Å². The van der Waals surface area contributed by atoms with Crippen LogP contribution in [0.4, 0.5) is 0 Å². The highest BCUT2D eigenvalue weighted by molar-refractivity contribution is 7.11. The van der Waals surface area contributed by atoms with Crippen molar-refractivity contribution in [3.05, 3.63) is 15.6 Å². The second-order valence-corrected chi connectivity index (χ2v) is 7.41. The standard InChI is InChI=1S/C16H26N4S/c17-16(19-11-12-5-3-6-12)18-10-4-9-15-20-13-7-1-2-8-14(13)21-15/h12H,1-11H2,(H3,17,18,19). The van der Waals surface area contributed by atoms with Gasteiger partial charge in [-0.2, -0.15) is 0 Å². The Bertz CT molecular complexity index is 467. The number of nitrogens with zero attached hydrogens (tertiary/aromatic N) is 2. The predicted octanol–water partition coefficient (Wildman–Crippen LogP) is 2.66. The summed E-state index contributed by atoms with van der Waals surface area (Å²) in [5.41, 5.74) is 7.26. The second-order valence-electron chi connectivity index (χ2n) is 6.24. The normalized spacial score (nSPS) is 19.1. The average molecular weight is 306 g/mol. The number of nitrogens with two attached hydrogens (primary N) is 1. The van der Waals surface area contributed by atoms with Gasteiger partial charge in [0.15, 0.2) is 5.96 Å². The van der Waals surface area contributed by atoms with E-state index in [0.29, 0.717) is 5.96 Å². The Balaban J connectivity index is 1.34. The highest BCUT2D eigenvalue weighted by Crippen LogP contribution is 2.27. The third kappa shape index (κ3) is 4.19. The Morgan fingerprint density at radius 1 is 1.29 bits per heavy atom. The molecule has 0 bridgehead atoms. The summed E-state index contributed by atoms with van der Waals surface area (Å²) in [5, 5.41) is 4.52. The first-order chi connectivity index (χ1) is 10.3. The predicted molar refractivity (Wildman–Crippen MR) is 88.9 cm³/mol. The monoisotopic (exact) mass is 306 g/mol. The molecule has 0 aliphatic heterocycles. The SMILES string of the molecule is NC(=NCC1CCC1)NCCCc1nc2c(s1)CCCC2. The lowest BCUT2D eigenvalue weighted by Gasteiger charge is -2.23. The van der Waals surface area contributed by atoms with Crippen molar-refractivity contribution >= 4 is 17.3 Å². The molecule has 1 aromatic heterocycles. The molecule has 1 heterocycles. The van der Waals surface area contributed by atoms with Gasteiger partial charge in [-0.1, -0.05) is 6.42 Å². The van der Waals surface area contributed by atoms with E-state index in [4.69, 9.17) is 10.7 Å². The Kier molecular flexibility index (Phi) is 5.12. The third-order valence-corrected chi connectivity index (χ3v) is 5.73. The number of hydrogen-bond donors (Lipinski definition) is 2. The molecule has 1 saturated carbocycles. The van der Waals surface area contributed by atoms with Crippen LogP contribution in [-0.4, -0.2) is 24.0 Å². The molecule has 21 heavy (non-hydrogen) atoms. The minimum atomic E-state index is 0.611. The first kappa shape index (κ1) is 14.8. The summed E-state index contributed by atoms with van der Waals surface area (Å²) in [6.45, 7) is 1.79. The summed E-state index contributed by atoms with van der Waals surface area (Å²) in [4.78, 5) is 10.7. The summed E-state index contributed by atoms with van der Waals surface area (Å²) in [5.74, 6) is 1.40. The van der Waals surface area contributed by atoms with Crippen LogP contribution in [0.1, 0.15) is 54.1 Å². The highest BCUT2D eigenvalue weighted by atomic mass is 32.1. The van der Waals surface area contributed by atoms with Crippen LogP contribution in [0.15, 0.2) is 4.99 Å². The van der Waals surface area contributed by atoms with E-state index in [0.717, 1.165) is 31.8 Å². The molecule has 116 valence electrons. The maximum Gasteiger partial charge on any atom is 0.188 e. The summed E-state index contributed by atoms with van der Waals surface area (Å²) >= 11 is 1.92. The van der Waals surface area contributed by atoms with Crippen LogP contribution in [0.2, 0.25) is 0 Å². The van der Waals surface area contributed by atoms with E-state index in [-0.39, 0.29) is 0 Å². The minimum absolute atomic E-state index is 0.611. The van der Waals surface area contributed by atoms with Gasteiger partial charge in [0.2, 0.25) is 0 Å². The van der Waals surface area contributed by atoms with Crippen molar-refractivity contribution < 1.29 is 0 Å². The Hall–Kier alpha value is -1.10. The number of rotatable bonds is 6. The van der Waals surface area contributed by atoms with E-state index in [1.165, 1.54) is 60.5 Å². The number of aryl methyl sites for hydroxylation is 3. The number of guanidine groups is 1. The number of fused-ring (bicyclic) bond motifs is 1. The van der Waals surface area contributed by atoms with E-state index in [1.807, 2.05) is 11.3 Å². The summed E-state index contributed by atoms with van der Waals surface area (Å²) in [6.07, 6.45) is 11.2. The molecule has 5 heteroatoms. The average Bonchev–Trinajstić information content (AvgIpc) is 2.84. The molecule has 1 fully saturated rings. The van der Waals surface area contributed by atoms with Crippen molar-refractivity contribution in [3.63, 3.8) is 0 Å². The van der Waals surface area contributed by atoms with E-state index >= 15 is 0 Å². The molecule has 0 spiro atoms. The Morgan fingerprint density at radius 3 is 2.90 bits per heavy atom. The Morgan fingerprint density at radius 2 is 2.14 bits per heavy atom. The quantitative estimate of drug-likeness (QED) is 0.482. The fraction of sp³-hybridized carbons (Fsp3) is 0.750. The maximum absolute atomic E-state index is 5.89. The second kappa shape index (κ2) is 7.25. The molecular formula is C16H26N4S. The van der Waals surface area contributed by atoms with Crippen LogP contribution in [0.5, 0.6) is 0 Å². The molecule has 0 aromatic carbocycles. The van der Waals surface area contributed by atoms with Crippen LogP contribution >= 0.6 is 11.3 Å². The molecule has 0 saturated heterocycles. The molecular weight excluding hydrogens is 280 g/mol. The van der Waals surface area contributed by atoms with Crippen LogP contribution in [0, 0.1) is 5.92 Å². The first-order valence-electron chi connectivity index (χ1n) is 8.32. The molecule has 0 unspecified atom stereocenters. The lowest BCUT2D eigenvalue weighted by Crippen LogP contribution is -2.33. The topological polar surface area (TPSA) is 63.3 Å². The molecule has 1 aromatic rings. The van der Waals surface area contributed by atoms with Crippen LogP contribution in [-0.2, 0) is 19.3 Å². The van der Waals surface area contributed by atoms with Gasteiger partial charge in [-0.25, -0.2) is 4.98 Å². The minimum Gasteiger partial charge on any atom is -0.370 e. The van der Waals surface area contributed by atoms with Gasteiger partial charge in [0.25, 0.3) is 0 Å². The van der Waals surface area contributed by atoms with E-state index in [2.05, 4.69) is 10.3 Å². The fourth-order valence-corrected chi connectivity index (χ4v) is 4.13. The molecule has 0 radical (unpaired) electrons. The van der Waals surface area contributed by atoms with Crippen molar-refractivity contribution in [1.82, 2.24) is 10.3 Å². The van der Waals surface area contributed by atoms with Crippen molar-refractivity contribution in [2.24, 2.45) is 16.6 Å². The smallest absolute Gasteiger partial charge is 0.188 e. The van der Waals surface area contributed by atoms with E-state index in [9.17, 15) is 0 Å². The van der Waals surface area contributed by atoms with Gasteiger partial charge in [-0.15, -0.1) is 11.3 Å². The number of aromatic nitrogens is 1. The largest absolute Gasteiger partial charge is 0.370 e. The van der Waals surface area contributed by atoms with Gasteiger partial charge in [0, 0.05) is 24.4 Å². The Labute approximate surface area is 131 Å². The number of aliphatic imine (C=N–C) groups is 1. The zero-order valence-corrected chi connectivity index (χ0v) is 13.6. The molecule has 2 aliphatic carbocycles. The number of hydrogen-bond acceptors (Lipinski definition) is 3. The summed E-state index contributed by atoms with van der Waals surface area (Å²) in [6, 6.07) is 0. The van der Waals surface area contributed by atoms with Crippen LogP contribution in [0.3, 0.4) is 0 Å². The molecule has 3 rings (SSSR count). The summed E-state index contributed by atoms with van der Waals surface area (Å²) < 4.78 is 0. The zero-order valence-electron chi connectivity index (χ0n) is 12.7. The van der Waals surface area contributed by atoms with E-state index < -0.39 is 0 Å². The zero-order chi connectivity index (χ0) is 14.5. The maximum atomic E-state index is 5.89. The first-order valence-corrected chi connectivity index (χ1v) is 9.14. The van der Waals surface area contributed by atoms with E-state index in [1.54, 1.807) is 0 Å². The van der Waals surface area contributed by atoms with Crippen molar-refractivity contribution in [2.45, 2.75) is 57.8 Å². The molecule has 0 atom stereocenters. The van der Waals surface area contributed by atoms with Gasteiger partial charge in [0.1, 0.15) is 0 Å². The van der Waals surface area contributed by atoms with Gasteiger partial charge in [-0.05, 0) is 50.9 Å². The van der Waals surface area contributed by atoms with Crippen LogP contribution < -0.4 is 11.1 Å². The molecule has 2 aliphatic rings. The van der Waals surface area contributed by atoms with Crippen molar-refractivity contribution in [1.29, 1.82) is 0 Å². The number of nitrogens with one attached hydrogen (secondary N) is 1. The van der Waals surface area contributed by atoms with Gasteiger partial charge < -0.3 is 11.1 Å². The lowest BCUT2D eigenvalue weighted by atomic mass is 9.86. The van der Waals surface area contributed by atoms with Crippen molar-refractivity contribution in [3.8, 4) is 0 Å². The third-order valence-electron chi connectivity index (χ3n) is 4.51. The lowest BCUT2D eigenvalue weighted by molar-refractivity contribution is 0.326. The summed E-state index contributed by atoms with van der Waals surface area (Å²) in [7, 11) is 0. The molecule has 4 nitrogen and oxygen atoms in total. The fourth-order valence-electron chi connectivity index (χ4n) is 2.93. The number of thiazole rings is 1. The molecule has 0 amide bonds. The van der Waals surface area contributed by atoms with Gasteiger partial charge in [-0.3, -0.25) is 4.99 Å². The van der Waals surface area contributed by atoms with Gasteiger partial charge >= 0.3 is 0 Å². The van der Waals surface area contributed by atoms with Crippen LogP contribution in [0.25, 0.3) is 0 Å².